The fraction of sp³-hybridized carbons (Fsp3) is 0.226. The minimum atomic E-state index is -1.32. The molecule has 1 aromatic heterocycles. The number of ether oxygens (including phenoxy) is 3. The van der Waals surface area contributed by atoms with Crippen molar-refractivity contribution in [1.82, 2.24) is 4.98 Å². The van der Waals surface area contributed by atoms with Gasteiger partial charge in [0.25, 0.3) is 0 Å². The third kappa shape index (κ3) is 6.59. The SMILES string of the molecule is COc1cc(F)cc(C(=O)O)c1OCC(OCC1CC1)c1cccc(/C=C/c2ccc3ccc(F)cc3n2)c1. The van der Waals surface area contributed by atoms with Crippen LogP contribution in [0, 0.1) is 17.6 Å². The van der Waals surface area contributed by atoms with Crippen LogP contribution in [-0.2, 0) is 4.74 Å². The Morgan fingerprint density at radius 1 is 1.05 bits per heavy atom. The molecule has 1 aliphatic carbocycles. The summed E-state index contributed by atoms with van der Waals surface area (Å²) >= 11 is 0. The highest BCUT2D eigenvalue weighted by molar-refractivity contribution is 5.92. The van der Waals surface area contributed by atoms with Crippen LogP contribution in [0.1, 0.15) is 46.1 Å². The molecule has 0 bridgehead atoms. The van der Waals surface area contributed by atoms with Crippen molar-refractivity contribution in [2.24, 2.45) is 5.92 Å². The molecule has 0 spiro atoms. The molecule has 1 atom stereocenters. The average Bonchev–Trinajstić information content (AvgIpc) is 3.76. The molecule has 0 radical (unpaired) electrons. The third-order valence-electron chi connectivity index (χ3n) is 6.48. The molecule has 1 fully saturated rings. The lowest BCUT2D eigenvalue weighted by atomic mass is 10.1. The van der Waals surface area contributed by atoms with E-state index in [2.05, 4.69) is 4.98 Å². The van der Waals surface area contributed by atoms with E-state index in [0.717, 1.165) is 41.5 Å². The van der Waals surface area contributed by atoms with Crippen molar-refractivity contribution in [3.8, 4) is 11.5 Å². The molecule has 1 heterocycles. The van der Waals surface area contributed by atoms with Crippen molar-refractivity contribution in [2.75, 3.05) is 20.3 Å². The van der Waals surface area contributed by atoms with Crippen molar-refractivity contribution in [3.05, 3.63) is 101 Å². The Hall–Kier alpha value is -4.30. The Bertz CT molecular complexity index is 1530. The van der Waals surface area contributed by atoms with Gasteiger partial charge in [-0.2, -0.15) is 0 Å². The van der Waals surface area contributed by atoms with E-state index >= 15 is 0 Å². The number of aromatic nitrogens is 1. The molecule has 3 aromatic carbocycles. The molecule has 1 unspecified atom stereocenters. The van der Waals surface area contributed by atoms with Gasteiger partial charge in [0.15, 0.2) is 11.5 Å². The number of carbonyl (C=O) groups is 1. The highest BCUT2D eigenvalue weighted by Crippen LogP contribution is 2.35. The molecule has 0 aliphatic heterocycles. The Balaban J connectivity index is 1.37. The zero-order valence-corrected chi connectivity index (χ0v) is 21.3. The molecule has 1 saturated carbocycles. The van der Waals surface area contributed by atoms with Crippen LogP contribution in [-0.4, -0.2) is 36.4 Å². The molecule has 1 aliphatic rings. The van der Waals surface area contributed by atoms with Crippen molar-refractivity contribution in [1.29, 1.82) is 0 Å². The van der Waals surface area contributed by atoms with Gasteiger partial charge in [-0.05, 0) is 66.3 Å². The summed E-state index contributed by atoms with van der Waals surface area (Å²) in [6, 6.07) is 18.0. The number of fused-ring (bicyclic) bond motifs is 1. The molecule has 6 nitrogen and oxygen atoms in total. The number of aromatic carboxylic acids is 1. The van der Waals surface area contributed by atoms with Crippen molar-refractivity contribution >= 4 is 29.0 Å². The quantitative estimate of drug-likeness (QED) is 0.226. The van der Waals surface area contributed by atoms with Gasteiger partial charge in [0.05, 0.1) is 24.9 Å². The molecule has 5 rings (SSSR count). The van der Waals surface area contributed by atoms with E-state index in [-0.39, 0.29) is 29.5 Å². The van der Waals surface area contributed by atoms with Crippen LogP contribution in [0.15, 0.2) is 66.7 Å². The van der Waals surface area contributed by atoms with E-state index < -0.39 is 17.9 Å². The summed E-state index contributed by atoms with van der Waals surface area (Å²) in [4.78, 5) is 16.3. The molecular weight excluding hydrogens is 504 g/mol. The first kappa shape index (κ1) is 26.3. The summed E-state index contributed by atoms with van der Waals surface area (Å²) in [7, 11) is 1.32. The van der Waals surface area contributed by atoms with Crippen molar-refractivity contribution < 1.29 is 32.9 Å². The molecule has 0 saturated heterocycles. The van der Waals surface area contributed by atoms with E-state index in [4.69, 9.17) is 14.2 Å². The van der Waals surface area contributed by atoms with E-state index in [1.165, 1.54) is 19.2 Å². The predicted octanol–water partition coefficient (Wildman–Crippen LogP) is 6.94. The standard InChI is InChI=1S/C31H27F2NO5/c1-37-28-16-24(33)14-26(31(35)36)30(28)39-18-29(38-17-20-5-6-20)22-4-2-3-19(13-22)7-11-25-12-9-21-8-10-23(32)15-27(21)34-25/h2-4,7-16,20,29H,5-6,17-18H2,1H3,(H,35,36)/b11-7+. The lowest BCUT2D eigenvalue weighted by molar-refractivity contribution is 0.0122. The van der Waals surface area contributed by atoms with E-state index in [1.54, 1.807) is 6.07 Å². The molecule has 1 N–H and O–H groups in total. The van der Waals surface area contributed by atoms with Gasteiger partial charge in [-0.1, -0.05) is 30.3 Å². The lowest BCUT2D eigenvalue weighted by Crippen LogP contribution is -2.17. The second kappa shape index (κ2) is 11.6. The maximum atomic E-state index is 13.9. The maximum absolute atomic E-state index is 13.9. The molecule has 39 heavy (non-hydrogen) atoms. The Morgan fingerprint density at radius 2 is 1.87 bits per heavy atom. The second-order valence-corrected chi connectivity index (χ2v) is 9.44. The van der Waals surface area contributed by atoms with Gasteiger partial charge >= 0.3 is 5.97 Å². The summed E-state index contributed by atoms with van der Waals surface area (Å²) in [6.45, 7) is 0.554. The molecular formula is C31H27F2NO5. The minimum Gasteiger partial charge on any atom is -0.493 e. The highest BCUT2D eigenvalue weighted by Gasteiger charge is 2.26. The minimum absolute atomic E-state index is 0.0000454. The normalized spacial score (nSPS) is 14.0. The third-order valence-corrected chi connectivity index (χ3v) is 6.48. The zero-order valence-electron chi connectivity index (χ0n) is 21.3. The first-order chi connectivity index (χ1) is 18.9. The van der Waals surface area contributed by atoms with Crippen molar-refractivity contribution in [2.45, 2.75) is 18.9 Å². The fourth-order valence-corrected chi connectivity index (χ4v) is 4.21. The first-order valence-corrected chi connectivity index (χ1v) is 12.6. The largest absolute Gasteiger partial charge is 0.493 e. The van der Waals surface area contributed by atoms with Crippen molar-refractivity contribution in [3.63, 3.8) is 0 Å². The summed E-state index contributed by atoms with van der Waals surface area (Å²) in [5, 5.41) is 10.4. The molecule has 0 amide bonds. The summed E-state index contributed by atoms with van der Waals surface area (Å²) < 4.78 is 44.8. The number of hydrogen-bond donors (Lipinski definition) is 1. The summed E-state index contributed by atoms with van der Waals surface area (Å²) in [6.07, 6.45) is 5.46. The molecule has 4 aromatic rings. The van der Waals surface area contributed by atoms with Gasteiger partial charge in [-0.25, -0.2) is 18.6 Å². The van der Waals surface area contributed by atoms with E-state index in [0.29, 0.717) is 23.7 Å². The highest BCUT2D eigenvalue weighted by atomic mass is 19.1. The predicted molar refractivity (Wildman–Crippen MR) is 144 cm³/mol. The summed E-state index contributed by atoms with van der Waals surface area (Å²) in [5.74, 6) is -1.96. The second-order valence-electron chi connectivity index (χ2n) is 9.44. The van der Waals surface area contributed by atoms with Crippen LogP contribution in [0.3, 0.4) is 0 Å². The Kier molecular flexibility index (Phi) is 7.84. The van der Waals surface area contributed by atoms with Crippen LogP contribution in [0.4, 0.5) is 8.78 Å². The number of rotatable bonds is 11. The summed E-state index contributed by atoms with van der Waals surface area (Å²) in [5.41, 5.74) is 2.66. The average molecular weight is 532 g/mol. The number of nitrogens with zero attached hydrogens (tertiary/aromatic N) is 1. The van der Waals surface area contributed by atoms with Crippen LogP contribution in [0.2, 0.25) is 0 Å². The van der Waals surface area contributed by atoms with Crippen LogP contribution < -0.4 is 9.47 Å². The number of carboxylic acids is 1. The van der Waals surface area contributed by atoms with Gasteiger partial charge < -0.3 is 19.3 Å². The van der Waals surface area contributed by atoms with Gasteiger partial charge in [0, 0.05) is 17.5 Å². The zero-order chi connectivity index (χ0) is 27.4. The maximum Gasteiger partial charge on any atom is 0.339 e. The van der Waals surface area contributed by atoms with Gasteiger partial charge in [-0.3, -0.25) is 0 Å². The smallest absolute Gasteiger partial charge is 0.339 e. The number of carboxylic acid groups (broad SMARTS) is 1. The topological polar surface area (TPSA) is 77.9 Å². The number of methoxy groups -OCH3 is 1. The van der Waals surface area contributed by atoms with Crippen LogP contribution in [0.5, 0.6) is 11.5 Å². The van der Waals surface area contributed by atoms with Gasteiger partial charge in [-0.15, -0.1) is 0 Å². The monoisotopic (exact) mass is 531 g/mol. The van der Waals surface area contributed by atoms with Gasteiger partial charge in [0.2, 0.25) is 0 Å². The number of hydrogen-bond acceptors (Lipinski definition) is 5. The first-order valence-electron chi connectivity index (χ1n) is 12.6. The Labute approximate surface area is 224 Å². The number of pyridine rings is 1. The van der Waals surface area contributed by atoms with Gasteiger partial charge in [0.1, 0.15) is 29.9 Å². The number of benzene rings is 3. The van der Waals surface area contributed by atoms with Crippen LogP contribution in [0.25, 0.3) is 23.1 Å². The van der Waals surface area contributed by atoms with E-state index in [9.17, 15) is 18.7 Å². The fourth-order valence-electron chi connectivity index (χ4n) is 4.21. The Morgan fingerprint density at radius 3 is 2.64 bits per heavy atom. The van der Waals surface area contributed by atoms with Crippen LogP contribution >= 0.6 is 0 Å². The lowest BCUT2D eigenvalue weighted by Gasteiger charge is -2.21. The van der Waals surface area contributed by atoms with E-state index in [1.807, 2.05) is 48.6 Å². The molecule has 8 heteroatoms. The molecule has 200 valence electrons. The number of halogens is 2.